The van der Waals surface area contributed by atoms with Crippen molar-refractivity contribution in [2.24, 2.45) is 0 Å². The maximum atomic E-state index is 12.3. The topological polar surface area (TPSA) is 32.3 Å². The fraction of sp³-hybridized carbons (Fsp3) is 0.462. The normalized spacial score (nSPS) is 21.6. The highest BCUT2D eigenvalue weighted by Gasteiger charge is 2.31. The molecule has 5 heteroatoms. The summed E-state index contributed by atoms with van der Waals surface area (Å²) in [6.45, 7) is 1.79. The zero-order valence-electron chi connectivity index (χ0n) is 9.99. The van der Waals surface area contributed by atoms with E-state index in [2.05, 4.69) is 27.3 Å². The summed E-state index contributed by atoms with van der Waals surface area (Å²) in [4.78, 5) is 14.3. The Morgan fingerprint density at radius 1 is 1.44 bits per heavy atom. The first-order valence-electron chi connectivity index (χ1n) is 6.09. The molecule has 1 aromatic rings. The molecule has 0 spiro atoms. The minimum Gasteiger partial charge on any atom is -0.310 e. The molecular weight excluding hydrogens is 316 g/mol. The van der Waals surface area contributed by atoms with Gasteiger partial charge < -0.3 is 10.2 Å². The van der Waals surface area contributed by atoms with Crippen LogP contribution in [-0.4, -0.2) is 25.0 Å². The molecular formula is C13H16BrClN2O. The second-order valence-electron chi connectivity index (χ2n) is 4.66. The quantitative estimate of drug-likeness (QED) is 0.857. The number of nitrogens with one attached hydrogen (secondary N) is 1. The lowest BCUT2D eigenvalue weighted by atomic mass is 10.1. The molecule has 1 N–H and O–H groups in total. The molecule has 1 saturated heterocycles. The van der Waals surface area contributed by atoms with Crippen molar-refractivity contribution in [1.29, 1.82) is 0 Å². The fourth-order valence-corrected chi connectivity index (χ4v) is 3.09. The number of fused-ring (bicyclic) bond motifs is 1. The highest BCUT2D eigenvalue weighted by molar-refractivity contribution is 9.10. The van der Waals surface area contributed by atoms with Gasteiger partial charge in [0.25, 0.3) is 0 Å². The summed E-state index contributed by atoms with van der Waals surface area (Å²) in [5, 5.41) is 3.27. The number of benzene rings is 1. The molecule has 18 heavy (non-hydrogen) atoms. The number of carbonyl (C=O) groups excluding carboxylic acids is 1. The van der Waals surface area contributed by atoms with Crippen molar-refractivity contribution in [2.75, 3.05) is 18.0 Å². The van der Waals surface area contributed by atoms with Crippen molar-refractivity contribution in [1.82, 2.24) is 5.32 Å². The van der Waals surface area contributed by atoms with E-state index in [4.69, 9.17) is 0 Å². The smallest absolute Gasteiger partial charge is 0.244 e. The lowest BCUT2D eigenvalue weighted by molar-refractivity contribution is -0.120. The lowest BCUT2D eigenvalue weighted by Gasteiger charge is -2.21. The molecule has 3 rings (SSSR count). The van der Waals surface area contributed by atoms with E-state index in [-0.39, 0.29) is 24.4 Å². The van der Waals surface area contributed by atoms with Crippen LogP contribution in [0.5, 0.6) is 0 Å². The standard InChI is InChI=1S/C13H15BrN2O.ClH/c14-10-3-4-12-9(8-10)5-7-16(12)13(17)11-2-1-6-15-11;/h3-4,8,11,15H,1-2,5-7H2;1H. The van der Waals surface area contributed by atoms with E-state index in [9.17, 15) is 4.79 Å². The minimum atomic E-state index is 0. The summed E-state index contributed by atoms with van der Waals surface area (Å²) in [5.41, 5.74) is 2.36. The Bertz CT molecular complexity index is 460. The third-order valence-corrected chi connectivity index (χ3v) is 4.05. The molecule has 98 valence electrons. The molecule has 1 atom stereocenters. The fourth-order valence-electron chi connectivity index (χ4n) is 2.68. The molecule has 2 aliphatic heterocycles. The van der Waals surface area contributed by atoms with Gasteiger partial charge in [-0.3, -0.25) is 4.79 Å². The van der Waals surface area contributed by atoms with Crippen molar-refractivity contribution in [3.63, 3.8) is 0 Å². The number of amides is 1. The first-order valence-corrected chi connectivity index (χ1v) is 6.88. The van der Waals surface area contributed by atoms with Gasteiger partial charge in [-0.2, -0.15) is 0 Å². The van der Waals surface area contributed by atoms with Crippen LogP contribution in [0.25, 0.3) is 0 Å². The monoisotopic (exact) mass is 330 g/mol. The summed E-state index contributed by atoms with van der Waals surface area (Å²) in [5.74, 6) is 0.239. The molecule has 0 saturated carbocycles. The minimum absolute atomic E-state index is 0. The van der Waals surface area contributed by atoms with Crippen molar-refractivity contribution >= 4 is 39.9 Å². The molecule has 0 aromatic heterocycles. The maximum absolute atomic E-state index is 12.3. The van der Waals surface area contributed by atoms with Crippen molar-refractivity contribution in [3.05, 3.63) is 28.2 Å². The van der Waals surface area contributed by atoms with Gasteiger partial charge in [-0.1, -0.05) is 15.9 Å². The van der Waals surface area contributed by atoms with Gasteiger partial charge in [0, 0.05) is 16.7 Å². The molecule has 1 unspecified atom stereocenters. The number of anilines is 1. The number of halogens is 2. The Kier molecular flexibility index (Phi) is 4.30. The summed E-state index contributed by atoms with van der Waals surface area (Å²) < 4.78 is 1.09. The van der Waals surface area contributed by atoms with Gasteiger partial charge in [0.05, 0.1) is 6.04 Å². The zero-order valence-corrected chi connectivity index (χ0v) is 12.4. The molecule has 1 fully saturated rings. The molecule has 1 amide bonds. The van der Waals surface area contributed by atoms with E-state index in [1.54, 1.807) is 0 Å². The average molecular weight is 332 g/mol. The summed E-state index contributed by atoms with van der Waals surface area (Å²) in [6, 6.07) is 6.20. The molecule has 1 aromatic carbocycles. The van der Waals surface area contributed by atoms with E-state index < -0.39 is 0 Å². The molecule has 2 heterocycles. The van der Waals surface area contributed by atoms with Crippen molar-refractivity contribution < 1.29 is 4.79 Å². The van der Waals surface area contributed by atoms with Gasteiger partial charge in [-0.05, 0) is 49.6 Å². The highest BCUT2D eigenvalue weighted by Crippen LogP contribution is 2.31. The van der Waals surface area contributed by atoms with Gasteiger partial charge in [0.1, 0.15) is 0 Å². The van der Waals surface area contributed by atoms with Crippen LogP contribution in [-0.2, 0) is 11.2 Å². The van der Waals surface area contributed by atoms with E-state index >= 15 is 0 Å². The predicted molar refractivity (Wildman–Crippen MR) is 78.5 cm³/mol. The summed E-state index contributed by atoms with van der Waals surface area (Å²) in [7, 11) is 0. The van der Waals surface area contributed by atoms with Gasteiger partial charge in [0.2, 0.25) is 5.91 Å². The SMILES string of the molecule is Cl.O=C(C1CCCN1)N1CCc2cc(Br)ccc21. The maximum Gasteiger partial charge on any atom is 0.244 e. The lowest BCUT2D eigenvalue weighted by Crippen LogP contribution is -2.42. The first kappa shape index (κ1) is 13.8. The number of rotatable bonds is 1. The van der Waals surface area contributed by atoms with Gasteiger partial charge in [-0.25, -0.2) is 0 Å². The van der Waals surface area contributed by atoms with Crippen LogP contribution in [0.2, 0.25) is 0 Å². The van der Waals surface area contributed by atoms with E-state index in [1.807, 2.05) is 17.0 Å². The van der Waals surface area contributed by atoms with Crippen LogP contribution in [0, 0.1) is 0 Å². The summed E-state index contributed by atoms with van der Waals surface area (Å²) in [6.07, 6.45) is 3.05. The highest BCUT2D eigenvalue weighted by atomic mass is 79.9. The third kappa shape index (κ3) is 2.42. The van der Waals surface area contributed by atoms with Crippen LogP contribution in [0.4, 0.5) is 5.69 Å². The number of hydrogen-bond donors (Lipinski definition) is 1. The van der Waals surface area contributed by atoms with Gasteiger partial charge >= 0.3 is 0 Å². The molecule has 3 nitrogen and oxygen atoms in total. The Balaban J connectivity index is 0.00000120. The van der Waals surface area contributed by atoms with Crippen LogP contribution in [0.3, 0.4) is 0 Å². The van der Waals surface area contributed by atoms with Crippen molar-refractivity contribution in [2.45, 2.75) is 25.3 Å². The third-order valence-electron chi connectivity index (χ3n) is 3.56. The van der Waals surface area contributed by atoms with Crippen LogP contribution < -0.4 is 10.2 Å². The van der Waals surface area contributed by atoms with E-state index in [0.29, 0.717) is 0 Å². The second-order valence-corrected chi connectivity index (χ2v) is 5.58. The Labute approximate surface area is 121 Å². The van der Waals surface area contributed by atoms with Crippen LogP contribution in [0.15, 0.2) is 22.7 Å². The Hall–Kier alpha value is -0.580. The van der Waals surface area contributed by atoms with Crippen LogP contribution in [0.1, 0.15) is 18.4 Å². The molecule has 0 bridgehead atoms. The molecule has 0 aliphatic carbocycles. The van der Waals surface area contributed by atoms with Gasteiger partial charge in [-0.15, -0.1) is 12.4 Å². The second kappa shape index (κ2) is 5.59. The number of carbonyl (C=O) groups is 1. The van der Waals surface area contributed by atoms with Gasteiger partial charge in [0.15, 0.2) is 0 Å². The largest absolute Gasteiger partial charge is 0.310 e. The van der Waals surface area contributed by atoms with E-state index in [0.717, 1.165) is 42.5 Å². The van der Waals surface area contributed by atoms with Crippen molar-refractivity contribution in [3.8, 4) is 0 Å². The number of hydrogen-bond acceptors (Lipinski definition) is 2. The van der Waals surface area contributed by atoms with Crippen LogP contribution >= 0.6 is 28.3 Å². The molecule has 0 radical (unpaired) electrons. The zero-order chi connectivity index (χ0) is 11.8. The van der Waals surface area contributed by atoms with E-state index in [1.165, 1.54) is 5.56 Å². The Morgan fingerprint density at radius 3 is 3.00 bits per heavy atom. The Morgan fingerprint density at radius 2 is 2.28 bits per heavy atom. The molecule has 2 aliphatic rings. The first-order chi connectivity index (χ1) is 8.25. The predicted octanol–water partition coefficient (Wildman–Crippen LogP) is 2.51. The number of nitrogens with zero attached hydrogens (tertiary/aromatic N) is 1. The summed E-state index contributed by atoms with van der Waals surface area (Å²) >= 11 is 3.47. The average Bonchev–Trinajstić information content (AvgIpc) is 2.96.